The number of aromatic nitrogens is 1. The van der Waals surface area contributed by atoms with Crippen LogP contribution < -0.4 is 0 Å². The van der Waals surface area contributed by atoms with E-state index in [1.807, 2.05) is 6.07 Å². The minimum Gasteiger partial charge on any atom is -0.276 e. The van der Waals surface area contributed by atoms with Crippen molar-refractivity contribution in [2.45, 2.75) is 0 Å². The molecule has 1 heterocycles. The zero-order valence-electron chi connectivity index (χ0n) is 7.30. The van der Waals surface area contributed by atoms with E-state index in [9.17, 15) is 4.79 Å². The first-order valence-corrected chi connectivity index (χ1v) is 5.58. The summed E-state index contributed by atoms with van der Waals surface area (Å²) in [5.74, 6) is 0. The van der Waals surface area contributed by atoms with Crippen molar-refractivity contribution in [3.05, 3.63) is 39.5 Å². The van der Waals surface area contributed by atoms with Gasteiger partial charge in [-0.05, 0) is 35.9 Å². The van der Waals surface area contributed by atoms with Gasteiger partial charge in [0.2, 0.25) is 0 Å². The Morgan fingerprint density at radius 1 is 1.33 bits per heavy atom. The molecule has 15 heavy (non-hydrogen) atoms. The van der Waals surface area contributed by atoms with Gasteiger partial charge in [0.15, 0.2) is 0 Å². The van der Waals surface area contributed by atoms with Crippen molar-refractivity contribution in [1.82, 2.24) is 4.98 Å². The lowest BCUT2D eigenvalue weighted by atomic mass is 10.1. The average Bonchev–Trinajstić information content (AvgIpc) is 2.17. The van der Waals surface area contributed by atoms with E-state index in [1.165, 1.54) is 6.07 Å². The number of nitrogens with zero attached hydrogens (tertiary/aromatic N) is 1. The average molecular weight is 305 g/mol. The molecule has 1 aromatic carbocycles. The molecule has 0 aliphatic heterocycles. The highest BCUT2D eigenvalue weighted by atomic mass is 79.9. The molecule has 0 saturated carbocycles. The van der Waals surface area contributed by atoms with Crippen LogP contribution in [-0.4, -0.2) is 10.2 Å². The molecule has 0 unspecified atom stereocenters. The first-order chi connectivity index (χ1) is 7.08. The molecule has 0 aliphatic rings. The van der Waals surface area contributed by atoms with Crippen molar-refractivity contribution in [1.29, 1.82) is 0 Å². The van der Waals surface area contributed by atoms with Gasteiger partial charge < -0.3 is 0 Å². The molecular weight excluding hydrogens is 301 g/mol. The molecule has 76 valence electrons. The number of benzene rings is 1. The number of carbonyl (C=O) groups excluding carboxylic acids is 1. The first kappa shape index (κ1) is 10.9. The highest BCUT2D eigenvalue weighted by Crippen LogP contribution is 2.25. The quantitative estimate of drug-likeness (QED) is 0.588. The van der Waals surface area contributed by atoms with Crippen LogP contribution in [0.25, 0.3) is 10.9 Å². The third-order valence-corrected chi connectivity index (χ3v) is 2.84. The lowest BCUT2D eigenvalue weighted by molar-refractivity contribution is 0.108. The van der Waals surface area contributed by atoms with E-state index in [-0.39, 0.29) is 5.15 Å². The maximum Gasteiger partial charge on any atom is 0.253 e. The minimum atomic E-state index is -0.539. The van der Waals surface area contributed by atoms with Gasteiger partial charge in [0.05, 0.1) is 5.52 Å². The third kappa shape index (κ3) is 2.14. The Kier molecular flexibility index (Phi) is 2.96. The standard InChI is InChI=1S/C10H4BrCl2NO/c11-5-1-2-8-6(3-5)7(10(13)15)4-9(12)14-8/h1-4H. The van der Waals surface area contributed by atoms with Crippen LogP contribution in [0.5, 0.6) is 0 Å². The molecule has 0 aliphatic carbocycles. The largest absolute Gasteiger partial charge is 0.276 e. The number of carbonyl (C=O) groups is 1. The van der Waals surface area contributed by atoms with Gasteiger partial charge in [0, 0.05) is 15.4 Å². The van der Waals surface area contributed by atoms with Crippen LogP contribution in [-0.2, 0) is 0 Å². The monoisotopic (exact) mass is 303 g/mol. The Morgan fingerprint density at radius 3 is 2.73 bits per heavy atom. The maximum atomic E-state index is 11.2. The molecule has 0 spiro atoms. The number of fused-ring (bicyclic) bond motifs is 1. The summed E-state index contributed by atoms with van der Waals surface area (Å²) in [6, 6.07) is 6.85. The van der Waals surface area contributed by atoms with Crippen LogP contribution >= 0.6 is 39.1 Å². The van der Waals surface area contributed by atoms with E-state index in [1.54, 1.807) is 12.1 Å². The number of pyridine rings is 1. The van der Waals surface area contributed by atoms with E-state index in [4.69, 9.17) is 23.2 Å². The smallest absolute Gasteiger partial charge is 0.253 e. The molecule has 2 rings (SSSR count). The molecule has 1 aromatic heterocycles. The third-order valence-electron chi connectivity index (χ3n) is 1.95. The van der Waals surface area contributed by atoms with Gasteiger partial charge in [-0.1, -0.05) is 27.5 Å². The summed E-state index contributed by atoms with van der Waals surface area (Å²) in [7, 11) is 0. The number of rotatable bonds is 1. The highest BCUT2D eigenvalue weighted by Gasteiger charge is 2.10. The van der Waals surface area contributed by atoms with Gasteiger partial charge >= 0.3 is 0 Å². The number of hydrogen-bond acceptors (Lipinski definition) is 2. The van der Waals surface area contributed by atoms with Gasteiger partial charge in [0.1, 0.15) is 5.15 Å². The summed E-state index contributed by atoms with van der Waals surface area (Å²) >= 11 is 14.6. The Morgan fingerprint density at radius 2 is 2.07 bits per heavy atom. The van der Waals surface area contributed by atoms with E-state index in [2.05, 4.69) is 20.9 Å². The van der Waals surface area contributed by atoms with Crippen molar-refractivity contribution in [3.63, 3.8) is 0 Å². The number of hydrogen-bond donors (Lipinski definition) is 0. The van der Waals surface area contributed by atoms with E-state index < -0.39 is 5.24 Å². The van der Waals surface area contributed by atoms with Crippen molar-refractivity contribution in [2.24, 2.45) is 0 Å². The van der Waals surface area contributed by atoms with Crippen LogP contribution in [0.15, 0.2) is 28.7 Å². The van der Waals surface area contributed by atoms with Crippen LogP contribution in [0, 0.1) is 0 Å². The first-order valence-electron chi connectivity index (χ1n) is 4.03. The zero-order valence-corrected chi connectivity index (χ0v) is 10.4. The topological polar surface area (TPSA) is 30.0 Å². The Labute approximate surface area is 104 Å². The second-order valence-corrected chi connectivity index (χ2v) is 4.57. The van der Waals surface area contributed by atoms with Crippen LogP contribution in [0.3, 0.4) is 0 Å². The molecular formula is C10H4BrCl2NO. The van der Waals surface area contributed by atoms with E-state index >= 15 is 0 Å². The van der Waals surface area contributed by atoms with Gasteiger partial charge in [-0.25, -0.2) is 4.98 Å². The van der Waals surface area contributed by atoms with Crippen molar-refractivity contribution in [2.75, 3.05) is 0 Å². The summed E-state index contributed by atoms with van der Waals surface area (Å²) < 4.78 is 0.860. The summed E-state index contributed by atoms with van der Waals surface area (Å²) in [4.78, 5) is 15.3. The molecule has 5 heteroatoms. The van der Waals surface area contributed by atoms with Crippen molar-refractivity contribution < 1.29 is 4.79 Å². The SMILES string of the molecule is O=C(Cl)c1cc(Cl)nc2ccc(Br)cc12. The van der Waals surface area contributed by atoms with Crippen LogP contribution in [0.1, 0.15) is 10.4 Å². The van der Waals surface area contributed by atoms with Gasteiger partial charge in [0.25, 0.3) is 5.24 Å². The lowest BCUT2D eigenvalue weighted by Crippen LogP contribution is -1.93. The fourth-order valence-electron chi connectivity index (χ4n) is 1.33. The van der Waals surface area contributed by atoms with Crippen molar-refractivity contribution >= 4 is 55.3 Å². The Hall–Kier alpha value is -0.640. The molecule has 0 saturated heterocycles. The van der Waals surface area contributed by atoms with Gasteiger partial charge in [-0.3, -0.25) is 4.79 Å². The molecule has 0 atom stereocenters. The summed E-state index contributed by atoms with van der Waals surface area (Å²) in [6.07, 6.45) is 0. The Balaban J connectivity index is 2.87. The molecule has 0 N–H and O–H groups in total. The minimum absolute atomic E-state index is 0.258. The van der Waals surface area contributed by atoms with E-state index in [0.29, 0.717) is 16.5 Å². The lowest BCUT2D eigenvalue weighted by Gasteiger charge is -2.03. The molecule has 0 radical (unpaired) electrons. The summed E-state index contributed by atoms with van der Waals surface area (Å²) in [6.45, 7) is 0. The fourth-order valence-corrected chi connectivity index (χ4v) is 2.05. The summed E-state index contributed by atoms with van der Waals surface area (Å²) in [5.41, 5.74) is 1.02. The summed E-state index contributed by atoms with van der Waals surface area (Å²) in [5, 5.41) is 0.407. The van der Waals surface area contributed by atoms with Crippen LogP contribution in [0.4, 0.5) is 0 Å². The maximum absolute atomic E-state index is 11.2. The second-order valence-electron chi connectivity index (χ2n) is 2.93. The van der Waals surface area contributed by atoms with Gasteiger partial charge in [-0.15, -0.1) is 0 Å². The molecule has 2 nitrogen and oxygen atoms in total. The second kappa shape index (κ2) is 4.08. The van der Waals surface area contributed by atoms with Crippen LogP contribution in [0.2, 0.25) is 5.15 Å². The van der Waals surface area contributed by atoms with Gasteiger partial charge in [-0.2, -0.15) is 0 Å². The predicted octanol–water partition coefficient (Wildman–Crippen LogP) is 4.03. The Bertz CT molecular complexity index is 556. The molecule has 0 amide bonds. The fraction of sp³-hybridized carbons (Fsp3) is 0. The zero-order chi connectivity index (χ0) is 11.0. The molecule has 0 bridgehead atoms. The van der Waals surface area contributed by atoms with E-state index in [0.717, 1.165) is 4.47 Å². The predicted molar refractivity (Wildman–Crippen MR) is 64.6 cm³/mol. The molecule has 2 aromatic rings. The number of halogens is 3. The molecule has 0 fully saturated rings. The van der Waals surface area contributed by atoms with Crippen molar-refractivity contribution in [3.8, 4) is 0 Å². The normalized spacial score (nSPS) is 10.6. The highest BCUT2D eigenvalue weighted by molar-refractivity contribution is 9.10.